The number of hydrogen-bond acceptors (Lipinski definition) is 5. The van der Waals surface area contributed by atoms with Crippen LogP contribution in [0.2, 0.25) is 0 Å². The third-order valence-corrected chi connectivity index (χ3v) is 5.09. The largest absolute Gasteiger partial charge is 0.478 e. The first-order chi connectivity index (χ1) is 13.5. The van der Waals surface area contributed by atoms with Crippen LogP contribution < -0.4 is 0 Å². The van der Waals surface area contributed by atoms with E-state index in [-0.39, 0.29) is 17.5 Å². The maximum absolute atomic E-state index is 12.9. The summed E-state index contributed by atoms with van der Waals surface area (Å²) in [5.74, 6) is -1.04. The summed E-state index contributed by atoms with van der Waals surface area (Å²) in [5, 5.41) is 17.5. The van der Waals surface area contributed by atoms with Crippen molar-refractivity contribution in [1.82, 2.24) is 29.4 Å². The SMILES string of the molecule is Cc1c(C(=O)O)cnn1-c1ccc(C(=O)N2CCCC(n3cncn3)C2)cc1. The van der Waals surface area contributed by atoms with Crippen LogP contribution in [-0.4, -0.2) is 59.5 Å². The van der Waals surface area contributed by atoms with Gasteiger partial charge in [0.05, 0.1) is 23.6 Å². The zero-order chi connectivity index (χ0) is 19.7. The number of benzene rings is 1. The van der Waals surface area contributed by atoms with Crippen LogP contribution in [0.15, 0.2) is 43.1 Å². The van der Waals surface area contributed by atoms with Crippen LogP contribution in [-0.2, 0) is 0 Å². The van der Waals surface area contributed by atoms with Gasteiger partial charge in [-0.05, 0) is 44.0 Å². The van der Waals surface area contributed by atoms with Gasteiger partial charge in [0.1, 0.15) is 18.2 Å². The highest BCUT2D eigenvalue weighted by molar-refractivity contribution is 5.94. The molecule has 0 saturated carbocycles. The highest BCUT2D eigenvalue weighted by Crippen LogP contribution is 2.22. The molecule has 9 nitrogen and oxygen atoms in total. The molecule has 9 heteroatoms. The molecule has 144 valence electrons. The molecule has 1 N–H and O–H groups in total. The molecule has 0 aliphatic carbocycles. The van der Waals surface area contributed by atoms with Gasteiger partial charge in [-0.25, -0.2) is 19.1 Å². The van der Waals surface area contributed by atoms with Crippen molar-refractivity contribution in [3.05, 3.63) is 59.9 Å². The molecular weight excluding hydrogens is 360 g/mol. The molecule has 0 spiro atoms. The quantitative estimate of drug-likeness (QED) is 0.741. The molecule has 1 aliphatic rings. The predicted molar refractivity (Wildman–Crippen MR) is 99.5 cm³/mol. The number of hydrogen-bond donors (Lipinski definition) is 1. The summed E-state index contributed by atoms with van der Waals surface area (Å²) < 4.78 is 3.36. The average Bonchev–Trinajstić information content (AvgIpc) is 3.38. The molecule has 1 aromatic carbocycles. The van der Waals surface area contributed by atoms with Crippen LogP contribution in [0.3, 0.4) is 0 Å². The van der Waals surface area contributed by atoms with Gasteiger partial charge in [0.15, 0.2) is 0 Å². The number of aromatic nitrogens is 5. The fourth-order valence-electron chi connectivity index (χ4n) is 3.57. The van der Waals surface area contributed by atoms with Gasteiger partial charge in [0.25, 0.3) is 5.91 Å². The molecule has 2 aromatic heterocycles. The van der Waals surface area contributed by atoms with Gasteiger partial charge in [-0.15, -0.1) is 0 Å². The molecular formula is C19H20N6O3. The second kappa shape index (κ2) is 7.26. The summed E-state index contributed by atoms with van der Waals surface area (Å²) in [6, 6.07) is 7.19. The summed E-state index contributed by atoms with van der Waals surface area (Å²) in [6.07, 6.45) is 6.40. The van der Waals surface area contributed by atoms with Crippen LogP contribution >= 0.6 is 0 Å². The summed E-state index contributed by atoms with van der Waals surface area (Å²) in [7, 11) is 0. The summed E-state index contributed by atoms with van der Waals surface area (Å²) in [5.41, 5.74) is 2.00. The standard InChI is InChI=1S/C19H20N6O3/c1-13-17(19(27)28)9-21-25(13)15-6-4-14(5-7-15)18(26)23-8-2-3-16(10-23)24-12-20-11-22-24/h4-7,9,11-12,16H,2-3,8,10H2,1H3,(H,27,28). The maximum atomic E-state index is 12.9. The fraction of sp³-hybridized carbons (Fsp3) is 0.316. The van der Waals surface area contributed by atoms with Gasteiger partial charge in [-0.2, -0.15) is 10.2 Å². The molecule has 1 aliphatic heterocycles. The fourth-order valence-corrected chi connectivity index (χ4v) is 3.57. The Bertz CT molecular complexity index is 993. The van der Waals surface area contributed by atoms with Crippen molar-refractivity contribution in [1.29, 1.82) is 0 Å². The minimum absolute atomic E-state index is 0.0280. The first-order valence-electron chi connectivity index (χ1n) is 9.06. The lowest BCUT2D eigenvalue weighted by Crippen LogP contribution is -2.40. The lowest BCUT2D eigenvalue weighted by molar-refractivity contribution is 0.0670. The van der Waals surface area contributed by atoms with E-state index in [9.17, 15) is 9.59 Å². The summed E-state index contributed by atoms with van der Waals surface area (Å²) in [6.45, 7) is 3.02. The van der Waals surface area contributed by atoms with Crippen molar-refractivity contribution >= 4 is 11.9 Å². The molecule has 1 unspecified atom stereocenters. The molecule has 1 fully saturated rings. The van der Waals surface area contributed by atoms with E-state index in [1.54, 1.807) is 42.2 Å². The number of carboxylic acid groups (broad SMARTS) is 1. The van der Waals surface area contributed by atoms with Crippen molar-refractivity contribution in [2.75, 3.05) is 13.1 Å². The Hall–Kier alpha value is -3.49. The van der Waals surface area contributed by atoms with Crippen LogP contribution in [0.5, 0.6) is 0 Å². The molecule has 3 aromatic rings. The third-order valence-electron chi connectivity index (χ3n) is 5.09. The second-order valence-corrected chi connectivity index (χ2v) is 6.83. The number of carbonyl (C=O) groups excluding carboxylic acids is 1. The van der Waals surface area contributed by atoms with Crippen molar-refractivity contribution in [2.45, 2.75) is 25.8 Å². The van der Waals surface area contributed by atoms with Crippen molar-refractivity contribution in [3.8, 4) is 5.69 Å². The van der Waals surface area contributed by atoms with Crippen molar-refractivity contribution < 1.29 is 14.7 Å². The highest BCUT2D eigenvalue weighted by Gasteiger charge is 2.26. The minimum Gasteiger partial charge on any atom is -0.478 e. The molecule has 0 radical (unpaired) electrons. The smallest absolute Gasteiger partial charge is 0.339 e. The minimum atomic E-state index is -1.01. The molecule has 1 saturated heterocycles. The zero-order valence-corrected chi connectivity index (χ0v) is 15.4. The van der Waals surface area contributed by atoms with E-state index in [4.69, 9.17) is 5.11 Å². The molecule has 0 bridgehead atoms. The van der Waals surface area contributed by atoms with E-state index in [1.165, 1.54) is 12.5 Å². The van der Waals surface area contributed by atoms with Gasteiger partial charge >= 0.3 is 5.97 Å². The Morgan fingerprint density at radius 2 is 1.96 bits per heavy atom. The van der Waals surface area contributed by atoms with Gasteiger partial charge < -0.3 is 10.0 Å². The summed E-state index contributed by atoms with van der Waals surface area (Å²) in [4.78, 5) is 29.9. The van der Waals surface area contributed by atoms with Gasteiger partial charge in [-0.3, -0.25) is 4.79 Å². The van der Waals surface area contributed by atoms with Gasteiger partial charge in [-0.1, -0.05) is 0 Å². The Labute approximate surface area is 161 Å². The average molecular weight is 380 g/mol. The Kier molecular flexibility index (Phi) is 4.64. The van der Waals surface area contributed by atoms with E-state index in [0.29, 0.717) is 30.0 Å². The van der Waals surface area contributed by atoms with Crippen LogP contribution in [0.1, 0.15) is 45.3 Å². The van der Waals surface area contributed by atoms with E-state index in [1.807, 2.05) is 9.58 Å². The van der Waals surface area contributed by atoms with Gasteiger partial charge in [0, 0.05) is 18.7 Å². The number of carbonyl (C=O) groups is 2. The van der Waals surface area contributed by atoms with E-state index in [2.05, 4.69) is 15.2 Å². The van der Waals surface area contributed by atoms with E-state index < -0.39 is 5.97 Å². The third kappa shape index (κ3) is 3.26. The number of likely N-dealkylation sites (tertiary alicyclic amines) is 1. The van der Waals surface area contributed by atoms with E-state index >= 15 is 0 Å². The Morgan fingerprint density at radius 1 is 1.18 bits per heavy atom. The summed E-state index contributed by atoms with van der Waals surface area (Å²) >= 11 is 0. The van der Waals surface area contributed by atoms with Crippen LogP contribution in [0, 0.1) is 6.92 Å². The first-order valence-corrected chi connectivity index (χ1v) is 9.06. The molecule has 4 rings (SSSR count). The Balaban J connectivity index is 1.50. The number of rotatable bonds is 4. The van der Waals surface area contributed by atoms with Crippen molar-refractivity contribution in [2.24, 2.45) is 0 Å². The second-order valence-electron chi connectivity index (χ2n) is 6.83. The van der Waals surface area contributed by atoms with Gasteiger partial charge in [0.2, 0.25) is 0 Å². The number of nitrogens with zero attached hydrogens (tertiary/aromatic N) is 6. The highest BCUT2D eigenvalue weighted by atomic mass is 16.4. The number of amides is 1. The lowest BCUT2D eigenvalue weighted by Gasteiger charge is -2.32. The Morgan fingerprint density at radius 3 is 2.61 bits per heavy atom. The number of piperidine rings is 1. The van der Waals surface area contributed by atoms with Crippen molar-refractivity contribution in [3.63, 3.8) is 0 Å². The molecule has 1 amide bonds. The van der Waals surface area contributed by atoms with E-state index in [0.717, 1.165) is 12.8 Å². The normalized spacial score (nSPS) is 16.9. The number of aromatic carboxylic acids is 1. The maximum Gasteiger partial charge on any atom is 0.339 e. The number of carboxylic acids is 1. The zero-order valence-electron chi connectivity index (χ0n) is 15.4. The topological polar surface area (TPSA) is 106 Å². The predicted octanol–water partition coefficient (Wildman–Crippen LogP) is 1.95. The lowest BCUT2D eigenvalue weighted by atomic mass is 10.0. The monoisotopic (exact) mass is 380 g/mol. The molecule has 3 heterocycles. The van der Waals surface area contributed by atoms with Crippen LogP contribution in [0.4, 0.5) is 0 Å². The molecule has 1 atom stereocenters. The van der Waals surface area contributed by atoms with Crippen LogP contribution in [0.25, 0.3) is 5.69 Å². The first kappa shape index (κ1) is 17.9. The molecule has 28 heavy (non-hydrogen) atoms.